The third kappa shape index (κ3) is 3.83. The van der Waals surface area contributed by atoms with E-state index in [0.29, 0.717) is 25.2 Å². The van der Waals surface area contributed by atoms with Crippen LogP contribution in [-0.2, 0) is 4.74 Å². The van der Waals surface area contributed by atoms with Crippen LogP contribution in [0.4, 0.5) is 0 Å². The summed E-state index contributed by atoms with van der Waals surface area (Å²) in [7, 11) is 0. The Labute approximate surface area is 116 Å². The fourth-order valence-corrected chi connectivity index (χ4v) is 3.39. The molecule has 0 amide bonds. The smallest absolute Gasteiger partial charge is 0.0979 e. The molecular formula is C16H26O3. The van der Waals surface area contributed by atoms with Gasteiger partial charge in [-0.3, -0.25) is 0 Å². The zero-order chi connectivity index (χ0) is 14.0. The van der Waals surface area contributed by atoms with E-state index < -0.39 is 12.2 Å². The molecule has 0 aromatic heterocycles. The summed E-state index contributed by atoms with van der Waals surface area (Å²) in [4.78, 5) is 0. The van der Waals surface area contributed by atoms with Gasteiger partial charge in [-0.2, -0.15) is 0 Å². The van der Waals surface area contributed by atoms with Crippen LogP contribution in [0.3, 0.4) is 0 Å². The Kier molecular flexibility index (Phi) is 4.69. The van der Waals surface area contributed by atoms with Gasteiger partial charge in [0.25, 0.3) is 0 Å². The molecule has 2 N–H and O–H groups in total. The average Bonchev–Trinajstić information content (AvgIpc) is 2.26. The van der Waals surface area contributed by atoms with Crippen molar-refractivity contribution in [1.82, 2.24) is 0 Å². The molecule has 0 radical (unpaired) electrons. The van der Waals surface area contributed by atoms with Crippen LogP contribution in [0, 0.1) is 11.8 Å². The summed E-state index contributed by atoms with van der Waals surface area (Å²) in [5.41, 5.74) is 1.38. The maximum atomic E-state index is 10.1. The van der Waals surface area contributed by atoms with Crippen LogP contribution in [0.5, 0.6) is 0 Å². The van der Waals surface area contributed by atoms with Gasteiger partial charge >= 0.3 is 0 Å². The molecule has 1 aliphatic carbocycles. The minimum atomic E-state index is -0.497. The largest absolute Gasteiger partial charge is 0.495 e. The normalized spacial score (nSPS) is 40.9. The van der Waals surface area contributed by atoms with Crippen molar-refractivity contribution >= 4 is 0 Å². The van der Waals surface area contributed by atoms with Gasteiger partial charge in [0.2, 0.25) is 0 Å². The van der Waals surface area contributed by atoms with Crippen molar-refractivity contribution in [3.05, 3.63) is 24.0 Å². The third-order valence-electron chi connectivity index (χ3n) is 4.32. The molecule has 19 heavy (non-hydrogen) atoms. The van der Waals surface area contributed by atoms with E-state index in [4.69, 9.17) is 4.74 Å². The van der Waals surface area contributed by atoms with Crippen molar-refractivity contribution in [2.45, 2.75) is 64.3 Å². The quantitative estimate of drug-likeness (QED) is 0.663. The van der Waals surface area contributed by atoms with Crippen molar-refractivity contribution in [1.29, 1.82) is 0 Å². The second-order valence-corrected chi connectivity index (χ2v) is 6.23. The van der Waals surface area contributed by atoms with E-state index in [0.717, 1.165) is 18.6 Å². The number of allylic oxidation sites excluding steroid dienone is 3. The van der Waals surface area contributed by atoms with Crippen molar-refractivity contribution in [3.63, 3.8) is 0 Å². The van der Waals surface area contributed by atoms with E-state index >= 15 is 0 Å². The zero-order valence-corrected chi connectivity index (χ0v) is 12.0. The summed E-state index contributed by atoms with van der Waals surface area (Å²) in [5.74, 6) is 1.41. The van der Waals surface area contributed by atoms with Crippen LogP contribution in [0.1, 0.15) is 46.0 Å². The highest BCUT2D eigenvalue weighted by Crippen LogP contribution is 2.38. The highest BCUT2D eigenvalue weighted by molar-refractivity contribution is 5.13. The van der Waals surface area contributed by atoms with Gasteiger partial charge in [-0.1, -0.05) is 18.2 Å². The van der Waals surface area contributed by atoms with Gasteiger partial charge in [0, 0.05) is 12.3 Å². The van der Waals surface area contributed by atoms with Gasteiger partial charge in [-0.15, -0.1) is 0 Å². The monoisotopic (exact) mass is 266 g/mol. The molecule has 1 saturated heterocycles. The lowest BCUT2D eigenvalue weighted by atomic mass is 9.76. The lowest BCUT2D eigenvalue weighted by molar-refractivity contribution is 0.00182. The summed E-state index contributed by atoms with van der Waals surface area (Å²) in [6.07, 6.45) is 5.09. The van der Waals surface area contributed by atoms with Gasteiger partial charge in [0.1, 0.15) is 0 Å². The van der Waals surface area contributed by atoms with Gasteiger partial charge in [0.15, 0.2) is 0 Å². The van der Waals surface area contributed by atoms with Gasteiger partial charge in [-0.25, -0.2) is 0 Å². The summed E-state index contributed by atoms with van der Waals surface area (Å²) >= 11 is 0. The average molecular weight is 266 g/mol. The standard InChI is InChI=1S/C16H26O3/c1-10-4-5-16-12(3)19-11(2)7-14(17)9-15(18)8-13(16)6-10/h6,11,13-18H,3-5,7-9H2,1-2H3/t11?,13-,14?,15?,16+/m1/s1. The van der Waals surface area contributed by atoms with Crippen molar-refractivity contribution in [2.24, 2.45) is 11.8 Å². The molecule has 0 saturated carbocycles. The Morgan fingerprint density at radius 3 is 2.63 bits per heavy atom. The molecule has 108 valence electrons. The van der Waals surface area contributed by atoms with E-state index in [-0.39, 0.29) is 12.0 Å². The Balaban J connectivity index is 2.18. The molecule has 1 aliphatic heterocycles. The van der Waals surface area contributed by atoms with E-state index in [2.05, 4.69) is 19.6 Å². The Morgan fingerprint density at radius 1 is 1.21 bits per heavy atom. The SMILES string of the molecule is C=C1OC(C)CC(O)CC(O)C[C@H]2C=C(C)CC[C@@H]12. The van der Waals surface area contributed by atoms with Gasteiger partial charge < -0.3 is 14.9 Å². The van der Waals surface area contributed by atoms with Crippen molar-refractivity contribution in [2.75, 3.05) is 0 Å². The van der Waals surface area contributed by atoms with Crippen LogP contribution in [-0.4, -0.2) is 28.5 Å². The molecule has 1 fully saturated rings. The molecule has 0 bridgehead atoms. The van der Waals surface area contributed by atoms with Crippen LogP contribution in [0.25, 0.3) is 0 Å². The first-order valence-electron chi connectivity index (χ1n) is 7.34. The molecule has 0 aromatic rings. The fourth-order valence-electron chi connectivity index (χ4n) is 3.39. The Morgan fingerprint density at radius 2 is 1.89 bits per heavy atom. The maximum Gasteiger partial charge on any atom is 0.0979 e. The van der Waals surface area contributed by atoms with E-state index in [9.17, 15) is 10.2 Å². The minimum absolute atomic E-state index is 0.0412. The first-order valence-corrected chi connectivity index (χ1v) is 7.34. The molecule has 0 spiro atoms. The number of rotatable bonds is 0. The molecule has 2 aliphatic rings. The Hall–Kier alpha value is -0.800. The van der Waals surface area contributed by atoms with E-state index in [1.165, 1.54) is 5.57 Å². The molecule has 3 unspecified atom stereocenters. The van der Waals surface area contributed by atoms with Crippen LogP contribution in [0.15, 0.2) is 24.0 Å². The third-order valence-corrected chi connectivity index (χ3v) is 4.32. The highest BCUT2D eigenvalue weighted by Gasteiger charge is 2.31. The highest BCUT2D eigenvalue weighted by atomic mass is 16.5. The Bertz CT molecular complexity index is 361. The second-order valence-electron chi connectivity index (χ2n) is 6.23. The summed E-state index contributed by atoms with van der Waals surface area (Å²) < 4.78 is 5.87. The molecule has 2 rings (SSSR count). The number of hydrogen-bond donors (Lipinski definition) is 2. The minimum Gasteiger partial charge on any atom is -0.495 e. The lowest BCUT2D eigenvalue weighted by Crippen LogP contribution is -2.31. The van der Waals surface area contributed by atoms with E-state index in [1.807, 2.05) is 6.92 Å². The maximum absolute atomic E-state index is 10.1. The van der Waals surface area contributed by atoms with Gasteiger partial charge in [-0.05, 0) is 45.4 Å². The predicted molar refractivity (Wildman–Crippen MR) is 75.5 cm³/mol. The lowest BCUT2D eigenvalue weighted by Gasteiger charge is -2.35. The predicted octanol–water partition coefficient (Wildman–Crippen LogP) is 2.78. The molecule has 3 heteroatoms. The number of hydrogen-bond acceptors (Lipinski definition) is 3. The second kappa shape index (κ2) is 6.10. The van der Waals surface area contributed by atoms with Crippen molar-refractivity contribution in [3.8, 4) is 0 Å². The van der Waals surface area contributed by atoms with E-state index in [1.54, 1.807) is 0 Å². The fraction of sp³-hybridized carbons (Fsp3) is 0.750. The van der Waals surface area contributed by atoms with Crippen LogP contribution >= 0.6 is 0 Å². The van der Waals surface area contributed by atoms with Gasteiger partial charge in [0.05, 0.1) is 24.1 Å². The molecule has 3 nitrogen and oxygen atoms in total. The topological polar surface area (TPSA) is 49.7 Å². The first kappa shape index (κ1) is 14.6. The first-order chi connectivity index (χ1) is 8.95. The summed E-state index contributed by atoms with van der Waals surface area (Å²) in [6, 6.07) is 0. The summed E-state index contributed by atoms with van der Waals surface area (Å²) in [6.45, 7) is 8.18. The molecule has 5 atom stereocenters. The number of aliphatic hydroxyl groups excluding tert-OH is 2. The van der Waals surface area contributed by atoms with Crippen molar-refractivity contribution < 1.29 is 14.9 Å². The number of fused-ring (bicyclic) bond motifs is 1. The zero-order valence-electron chi connectivity index (χ0n) is 12.0. The number of aliphatic hydroxyl groups is 2. The van der Waals surface area contributed by atoms with Crippen LogP contribution in [0.2, 0.25) is 0 Å². The molecular weight excluding hydrogens is 240 g/mol. The number of ether oxygens (including phenoxy) is 1. The molecule has 1 heterocycles. The molecule has 0 aromatic carbocycles. The van der Waals surface area contributed by atoms with Crippen LogP contribution < -0.4 is 0 Å². The summed E-state index contributed by atoms with van der Waals surface area (Å²) in [5, 5.41) is 20.1.